The first-order valence-electron chi connectivity index (χ1n) is 7.83. The minimum absolute atomic E-state index is 0.462. The van der Waals surface area contributed by atoms with Crippen LogP contribution in [0.4, 0.5) is 0 Å². The normalized spacial score (nSPS) is 22.9. The van der Waals surface area contributed by atoms with Gasteiger partial charge in [0, 0.05) is 12.1 Å². The summed E-state index contributed by atoms with van der Waals surface area (Å²) in [5.41, 5.74) is 1.40. The van der Waals surface area contributed by atoms with Crippen LogP contribution in [0, 0.1) is 0 Å². The second kappa shape index (κ2) is 7.66. The zero-order valence-electron chi connectivity index (χ0n) is 12.4. The fraction of sp³-hybridized carbons (Fsp3) is 0.647. The minimum Gasteiger partial charge on any atom is -0.307 e. The number of nitrogens with zero attached hydrogens (tertiary/aromatic N) is 1. The molecular weight excluding hydrogens is 232 g/mol. The molecule has 1 fully saturated rings. The average molecular weight is 260 g/mol. The van der Waals surface area contributed by atoms with Crippen molar-refractivity contribution in [2.45, 2.75) is 51.6 Å². The van der Waals surface area contributed by atoms with E-state index in [1.807, 2.05) is 0 Å². The third-order valence-corrected chi connectivity index (χ3v) is 4.15. The van der Waals surface area contributed by atoms with Crippen LogP contribution in [-0.2, 0) is 0 Å². The summed E-state index contributed by atoms with van der Waals surface area (Å²) >= 11 is 0. The van der Waals surface area contributed by atoms with Crippen molar-refractivity contribution >= 4 is 0 Å². The molecule has 0 bridgehead atoms. The van der Waals surface area contributed by atoms with Crippen LogP contribution in [0.3, 0.4) is 0 Å². The van der Waals surface area contributed by atoms with Gasteiger partial charge in [-0.25, -0.2) is 0 Å². The maximum absolute atomic E-state index is 3.81. The number of rotatable bonds is 5. The Hall–Kier alpha value is -0.860. The lowest BCUT2D eigenvalue weighted by molar-refractivity contribution is 0.281. The molecule has 0 amide bonds. The van der Waals surface area contributed by atoms with Crippen molar-refractivity contribution in [2.75, 3.05) is 19.6 Å². The molecule has 0 aliphatic carbocycles. The minimum atomic E-state index is 0.462. The van der Waals surface area contributed by atoms with E-state index in [0.29, 0.717) is 12.1 Å². The number of hydrogen-bond acceptors (Lipinski definition) is 2. The van der Waals surface area contributed by atoms with Gasteiger partial charge in [-0.2, -0.15) is 0 Å². The molecule has 19 heavy (non-hydrogen) atoms. The number of benzene rings is 1. The molecule has 1 aromatic rings. The Bertz CT molecular complexity index is 350. The first kappa shape index (κ1) is 14.5. The highest BCUT2D eigenvalue weighted by Crippen LogP contribution is 2.17. The van der Waals surface area contributed by atoms with Crippen LogP contribution in [0.15, 0.2) is 30.3 Å². The standard InChI is InChI=1S/C17H28N2/c1-3-12-19-13-7-10-17(11-14-19)18-15(2)16-8-5-4-6-9-16/h4-6,8-9,15,17-18H,3,7,10-14H2,1-2H3/t15-,17?/m1/s1. The van der Waals surface area contributed by atoms with Gasteiger partial charge in [-0.05, 0) is 57.8 Å². The van der Waals surface area contributed by atoms with Gasteiger partial charge in [0.05, 0.1) is 0 Å². The molecule has 0 saturated carbocycles. The SMILES string of the molecule is CCCN1CCCC(N[C@H](C)c2ccccc2)CC1. The van der Waals surface area contributed by atoms with E-state index in [1.165, 1.54) is 50.9 Å². The van der Waals surface area contributed by atoms with Gasteiger partial charge in [0.15, 0.2) is 0 Å². The molecule has 0 spiro atoms. The van der Waals surface area contributed by atoms with Gasteiger partial charge in [-0.15, -0.1) is 0 Å². The largest absolute Gasteiger partial charge is 0.307 e. The third-order valence-electron chi connectivity index (χ3n) is 4.15. The van der Waals surface area contributed by atoms with E-state index in [9.17, 15) is 0 Å². The van der Waals surface area contributed by atoms with Crippen LogP contribution < -0.4 is 5.32 Å². The summed E-state index contributed by atoms with van der Waals surface area (Å²) < 4.78 is 0. The number of hydrogen-bond donors (Lipinski definition) is 1. The summed E-state index contributed by atoms with van der Waals surface area (Å²) in [6.45, 7) is 8.36. The van der Waals surface area contributed by atoms with Crippen LogP contribution in [0.5, 0.6) is 0 Å². The first-order chi connectivity index (χ1) is 9.29. The maximum Gasteiger partial charge on any atom is 0.0294 e. The third kappa shape index (κ3) is 4.63. The molecule has 1 aromatic carbocycles. The molecule has 0 radical (unpaired) electrons. The lowest BCUT2D eigenvalue weighted by atomic mass is 10.0. The Labute approximate surface area is 118 Å². The van der Waals surface area contributed by atoms with Crippen LogP contribution in [0.1, 0.15) is 51.1 Å². The van der Waals surface area contributed by atoms with Gasteiger partial charge in [-0.1, -0.05) is 37.3 Å². The Kier molecular flexibility index (Phi) is 5.87. The summed E-state index contributed by atoms with van der Waals surface area (Å²) in [5, 5.41) is 3.81. The Morgan fingerprint density at radius 2 is 2.00 bits per heavy atom. The molecule has 2 heteroatoms. The number of nitrogens with one attached hydrogen (secondary N) is 1. The highest BCUT2D eigenvalue weighted by atomic mass is 15.1. The molecule has 1 heterocycles. The van der Waals surface area contributed by atoms with E-state index in [1.54, 1.807) is 0 Å². The summed E-state index contributed by atoms with van der Waals surface area (Å²) in [7, 11) is 0. The predicted molar refractivity (Wildman–Crippen MR) is 82.4 cm³/mol. The monoisotopic (exact) mass is 260 g/mol. The molecule has 106 valence electrons. The zero-order chi connectivity index (χ0) is 13.5. The Morgan fingerprint density at radius 3 is 2.74 bits per heavy atom. The van der Waals surface area contributed by atoms with Gasteiger partial charge in [0.1, 0.15) is 0 Å². The zero-order valence-corrected chi connectivity index (χ0v) is 12.4. The summed E-state index contributed by atoms with van der Waals surface area (Å²) in [6.07, 6.45) is 5.21. The lowest BCUT2D eigenvalue weighted by Gasteiger charge is -2.23. The van der Waals surface area contributed by atoms with Crippen LogP contribution >= 0.6 is 0 Å². The maximum atomic E-state index is 3.81. The van der Waals surface area contributed by atoms with E-state index in [0.717, 1.165) is 0 Å². The van der Waals surface area contributed by atoms with Crippen molar-refractivity contribution in [3.8, 4) is 0 Å². The van der Waals surface area contributed by atoms with E-state index < -0.39 is 0 Å². The van der Waals surface area contributed by atoms with Crippen molar-refractivity contribution in [2.24, 2.45) is 0 Å². The van der Waals surface area contributed by atoms with Crippen molar-refractivity contribution in [1.29, 1.82) is 0 Å². The van der Waals surface area contributed by atoms with Crippen LogP contribution in [0.25, 0.3) is 0 Å². The van der Waals surface area contributed by atoms with Gasteiger partial charge >= 0.3 is 0 Å². The van der Waals surface area contributed by atoms with Crippen molar-refractivity contribution in [3.63, 3.8) is 0 Å². The topological polar surface area (TPSA) is 15.3 Å². The molecule has 1 saturated heterocycles. The molecule has 1 N–H and O–H groups in total. The van der Waals surface area contributed by atoms with Crippen molar-refractivity contribution < 1.29 is 0 Å². The van der Waals surface area contributed by atoms with Gasteiger partial charge in [0.25, 0.3) is 0 Å². The molecular formula is C17H28N2. The van der Waals surface area contributed by atoms with Gasteiger partial charge < -0.3 is 10.2 Å². The summed E-state index contributed by atoms with van der Waals surface area (Å²) in [6, 6.07) is 11.9. The quantitative estimate of drug-likeness (QED) is 0.870. The lowest BCUT2D eigenvalue weighted by Crippen LogP contribution is -2.33. The van der Waals surface area contributed by atoms with Gasteiger partial charge in [0.2, 0.25) is 0 Å². The van der Waals surface area contributed by atoms with Crippen molar-refractivity contribution in [3.05, 3.63) is 35.9 Å². The highest BCUT2D eigenvalue weighted by Gasteiger charge is 2.18. The molecule has 1 unspecified atom stereocenters. The molecule has 2 atom stereocenters. The second-order valence-corrected chi connectivity index (χ2v) is 5.77. The smallest absolute Gasteiger partial charge is 0.0294 e. The van der Waals surface area contributed by atoms with E-state index in [2.05, 4.69) is 54.4 Å². The molecule has 2 rings (SSSR count). The molecule has 1 aliphatic rings. The first-order valence-corrected chi connectivity index (χ1v) is 7.83. The summed E-state index contributed by atoms with van der Waals surface area (Å²) in [5.74, 6) is 0. The Morgan fingerprint density at radius 1 is 1.21 bits per heavy atom. The average Bonchev–Trinajstić information content (AvgIpc) is 2.66. The van der Waals surface area contributed by atoms with E-state index >= 15 is 0 Å². The van der Waals surface area contributed by atoms with E-state index in [4.69, 9.17) is 0 Å². The highest BCUT2D eigenvalue weighted by molar-refractivity contribution is 5.18. The summed E-state index contributed by atoms with van der Waals surface area (Å²) in [4.78, 5) is 2.62. The van der Waals surface area contributed by atoms with Crippen LogP contribution in [0.2, 0.25) is 0 Å². The fourth-order valence-corrected chi connectivity index (χ4v) is 3.05. The second-order valence-electron chi connectivity index (χ2n) is 5.77. The van der Waals surface area contributed by atoms with Crippen LogP contribution in [-0.4, -0.2) is 30.6 Å². The fourth-order valence-electron chi connectivity index (χ4n) is 3.05. The molecule has 1 aliphatic heterocycles. The number of likely N-dealkylation sites (tertiary alicyclic amines) is 1. The predicted octanol–water partition coefficient (Wildman–Crippen LogP) is 3.60. The van der Waals surface area contributed by atoms with E-state index in [-0.39, 0.29) is 0 Å². The molecule has 0 aromatic heterocycles. The molecule has 2 nitrogen and oxygen atoms in total. The Balaban J connectivity index is 1.83. The van der Waals surface area contributed by atoms with Crippen molar-refractivity contribution in [1.82, 2.24) is 10.2 Å². The van der Waals surface area contributed by atoms with Gasteiger partial charge in [-0.3, -0.25) is 0 Å².